The van der Waals surface area contributed by atoms with Gasteiger partial charge in [-0.25, -0.2) is 0 Å². The van der Waals surface area contributed by atoms with Crippen LogP contribution in [0.2, 0.25) is 0 Å². The van der Waals surface area contributed by atoms with E-state index >= 15 is 0 Å². The predicted molar refractivity (Wildman–Crippen MR) is 64.8 cm³/mol. The van der Waals surface area contributed by atoms with Crippen molar-refractivity contribution in [1.29, 1.82) is 0 Å². The van der Waals surface area contributed by atoms with Gasteiger partial charge in [0.1, 0.15) is 5.75 Å². The van der Waals surface area contributed by atoms with Crippen molar-refractivity contribution in [3.8, 4) is 23.8 Å². The van der Waals surface area contributed by atoms with Crippen LogP contribution in [-0.4, -0.2) is 35.5 Å². The van der Waals surface area contributed by atoms with E-state index in [1.54, 1.807) is 24.3 Å². The zero-order valence-electron chi connectivity index (χ0n) is 10.4. The van der Waals surface area contributed by atoms with E-state index in [1.165, 1.54) is 14.2 Å². The summed E-state index contributed by atoms with van der Waals surface area (Å²) in [6, 6.07) is 6.82. The molecule has 0 N–H and O–H groups in total. The van der Waals surface area contributed by atoms with Crippen molar-refractivity contribution in [2.75, 3.05) is 14.2 Å². The van der Waals surface area contributed by atoms with E-state index in [0.717, 1.165) is 0 Å². The second-order valence-electron chi connectivity index (χ2n) is 3.35. The Morgan fingerprint density at radius 1 is 0.947 bits per heavy atom. The van der Waals surface area contributed by atoms with Gasteiger partial charge in [0.15, 0.2) is 6.29 Å². The smallest absolute Gasteiger partial charge is 0.331 e. The Morgan fingerprint density at radius 3 is 2.11 bits per heavy atom. The van der Waals surface area contributed by atoms with Gasteiger partial charge in [-0.2, -0.15) is 0 Å². The third kappa shape index (κ3) is 2.95. The molecule has 0 saturated carbocycles. The van der Waals surface area contributed by atoms with Crippen LogP contribution in [0.15, 0.2) is 24.3 Å². The molecule has 0 saturated heterocycles. The molecule has 0 aliphatic heterocycles. The summed E-state index contributed by atoms with van der Waals surface area (Å²) >= 11 is 0. The molecule has 0 unspecified atom stereocenters. The first-order valence-corrected chi connectivity index (χ1v) is 5.33. The summed E-state index contributed by atoms with van der Waals surface area (Å²) in [5, 5.41) is 0. The lowest BCUT2D eigenvalue weighted by Crippen LogP contribution is -2.02. The maximum Gasteiger partial charge on any atom is 0.331 e. The number of nitrogens with zero attached hydrogens (tertiary/aromatic N) is 3. The fraction of sp³-hybridized carbons (Fsp3) is 0.167. The quantitative estimate of drug-likeness (QED) is 0.754. The molecule has 1 heterocycles. The summed E-state index contributed by atoms with van der Waals surface area (Å²) in [5.74, 6) is 0.341. The van der Waals surface area contributed by atoms with Crippen molar-refractivity contribution in [1.82, 2.24) is 15.0 Å². The first-order chi connectivity index (χ1) is 9.26. The average Bonchev–Trinajstić information content (AvgIpc) is 2.47. The summed E-state index contributed by atoms with van der Waals surface area (Å²) in [7, 11) is 2.83. The van der Waals surface area contributed by atoms with Crippen LogP contribution in [0, 0.1) is 0 Å². The minimum absolute atomic E-state index is 0.0157. The number of carbonyl (C=O) groups excluding carboxylic acids is 1. The fourth-order valence-corrected chi connectivity index (χ4v) is 1.32. The lowest BCUT2D eigenvalue weighted by Gasteiger charge is -2.07. The van der Waals surface area contributed by atoms with E-state index in [0.29, 0.717) is 17.6 Å². The van der Waals surface area contributed by atoms with E-state index in [-0.39, 0.29) is 18.0 Å². The molecule has 0 amide bonds. The Kier molecular flexibility index (Phi) is 3.87. The van der Waals surface area contributed by atoms with E-state index in [2.05, 4.69) is 15.0 Å². The first-order valence-electron chi connectivity index (χ1n) is 5.33. The Hall–Kier alpha value is -2.70. The first kappa shape index (κ1) is 12.7. The Morgan fingerprint density at radius 2 is 1.53 bits per heavy atom. The zero-order valence-corrected chi connectivity index (χ0v) is 10.4. The van der Waals surface area contributed by atoms with Gasteiger partial charge in [-0.1, -0.05) is 12.1 Å². The lowest BCUT2D eigenvalue weighted by atomic mass is 10.2. The highest BCUT2D eigenvalue weighted by Crippen LogP contribution is 2.23. The Labute approximate surface area is 109 Å². The monoisotopic (exact) mass is 261 g/mol. The second kappa shape index (κ2) is 5.76. The number of para-hydroxylation sites is 1. The molecule has 0 bridgehead atoms. The van der Waals surface area contributed by atoms with Crippen molar-refractivity contribution < 1.29 is 19.0 Å². The molecule has 2 aromatic rings. The van der Waals surface area contributed by atoms with Crippen LogP contribution in [0.3, 0.4) is 0 Å². The maximum atomic E-state index is 10.9. The van der Waals surface area contributed by atoms with Crippen molar-refractivity contribution in [2.45, 2.75) is 0 Å². The topological polar surface area (TPSA) is 83.4 Å². The van der Waals surface area contributed by atoms with E-state index in [1.807, 2.05) is 0 Å². The molecule has 0 aliphatic rings. The van der Waals surface area contributed by atoms with E-state index < -0.39 is 0 Å². The molecule has 0 fully saturated rings. The maximum absolute atomic E-state index is 10.9. The highest BCUT2D eigenvalue weighted by Gasteiger charge is 2.11. The van der Waals surface area contributed by atoms with Gasteiger partial charge >= 0.3 is 18.0 Å². The van der Waals surface area contributed by atoms with Crippen molar-refractivity contribution in [3.05, 3.63) is 29.8 Å². The minimum Gasteiger partial charge on any atom is -0.467 e. The standard InChI is InChI=1S/C12H11N3O4/c1-17-10-13-11(18-2)15-12(14-10)19-9-6-4-3-5-8(9)7-16/h3-7H,1-2H3. The Bertz CT molecular complexity index is 567. The molecule has 0 aliphatic carbocycles. The highest BCUT2D eigenvalue weighted by molar-refractivity contribution is 5.79. The molecule has 2 rings (SSSR count). The summed E-state index contributed by atoms with van der Waals surface area (Å²) in [5.41, 5.74) is 0.390. The number of benzene rings is 1. The number of carbonyl (C=O) groups is 1. The summed E-state index contributed by atoms with van der Waals surface area (Å²) < 4.78 is 15.2. The van der Waals surface area contributed by atoms with Crippen molar-refractivity contribution in [2.24, 2.45) is 0 Å². The predicted octanol–water partition coefficient (Wildman–Crippen LogP) is 1.49. The van der Waals surface area contributed by atoms with E-state index in [9.17, 15) is 4.79 Å². The van der Waals surface area contributed by atoms with Crippen LogP contribution in [0.25, 0.3) is 0 Å². The number of hydrogen-bond acceptors (Lipinski definition) is 7. The summed E-state index contributed by atoms with van der Waals surface area (Å²) in [4.78, 5) is 22.5. The Balaban J connectivity index is 2.34. The summed E-state index contributed by atoms with van der Waals surface area (Å²) in [6.07, 6.45) is 0.686. The van der Waals surface area contributed by atoms with Crippen LogP contribution in [-0.2, 0) is 0 Å². The fourth-order valence-electron chi connectivity index (χ4n) is 1.32. The van der Waals surface area contributed by atoms with Crippen molar-refractivity contribution in [3.63, 3.8) is 0 Å². The van der Waals surface area contributed by atoms with Crippen molar-refractivity contribution >= 4 is 6.29 Å². The molecule has 98 valence electrons. The molecule has 7 nitrogen and oxygen atoms in total. The van der Waals surface area contributed by atoms with Gasteiger partial charge in [-0.15, -0.1) is 15.0 Å². The lowest BCUT2D eigenvalue weighted by molar-refractivity contribution is 0.112. The van der Waals surface area contributed by atoms with Gasteiger partial charge in [0.05, 0.1) is 19.8 Å². The third-order valence-electron chi connectivity index (χ3n) is 2.19. The SMILES string of the molecule is COc1nc(OC)nc(Oc2ccccc2C=O)n1. The molecule has 0 spiro atoms. The number of rotatable bonds is 5. The highest BCUT2D eigenvalue weighted by atomic mass is 16.5. The molecule has 0 radical (unpaired) electrons. The molecule has 1 aromatic carbocycles. The zero-order chi connectivity index (χ0) is 13.7. The van der Waals surface area contributed by atoms with Gasteiger partial charge in [0.25, 0.3) is 0 Å². The number of methoxy groups -OCH3 is 2. The molecule has 19 heavy (non-hydrogen) atoms. The molecule has 7 heteroatoms. The van der Waals surface area contributed by atoms with Crippen LogP contribution in [0.4, 0.5) is 0 Å². The van der Waals surface area contributed by atoms with Gasteiger partial charge < -0.3 is 14.2 Å². The van der Waals surface area contributed by atoms with Crippen LogP contribution in [0.1, 0.15) is 10.4 Å². The normalized spacial score (nSPS) is 9.79. The summed E-state index contributed by atoms with van der Waals surface area (Å²) in [6.45, 7) is 0. The van der Waals surface area contributed by atoms with E-state index in [4.69, 9.17) is 14.2 Å². The number of ether oxygens (including phenoxy) is 3. The minimum atomic E-state index is -0.0157. The number of aldehydes is 1. The van der Waals surface area contributed by atoms with Crippen LogP contribution < -0.4 is 14.2 Å². The number of aromatic nitrogens is 3. The van der Waals surface area contributed by atoms with Crippen LogP contribution in [0.5, 0.6) is 23.8 Å². The van der Waals surface area contributed by atoms with Crippen LogP contribution >= 0.6 is 0 Å². The third-order valence-corrected chi connectivity index (χ3v) is 2.19. The largest absolute Gasteiger partial charge is 0.467 e. The van der Waals surface area contributed by atoms with Gasteiger partial charge in [0, 0.05) is 0 Å². The van der Waals surface area contributed by atoms with Gasteiger partial charge in [-0.05, 0) is 12.1 Å². The number of hydrogen-bond donors (Lipinski definition) is 0. The molecule has 1 aromatic heterocycles. The molecular formula is C12H11N3O4. The molecule has 0 atom stereocenters. The van der Waals surface area contributed by atoms with Gasteiger partial charge in [-0.3, -0.25) is 4.79 Å². The van der Waals surface area contributed by atoms with Gasteiger partial charge in [0.2, 0.25) is 0 Å². The second-order valence-corrected chi connectivity index (χ2v) is 3.35. The average molecular weight is 261 g/mol. The molecular weight excluding hydrogens is 250 g/mol.